The normalized spacial score (nSPS) is 12.3. The minimum Gasteiger partial charge on any atom is -0.385 e. The second kappa shape index (κ2) is 7.89. The van der Waals surface area contributed by atoms with E-state index in [4.69, 9.17) is 15.3 Å². The Morgan fingerprint density at radius 1 is 1.35 bits per heavy atom. The van der Waals surface area contributed by atoms with Gasteiger partial charge in [0, 0.05) is 6.07 Å². The molecule has 26 heavy (non-hydrogen) atoms. The van der Waals surface area contributed by atoms with Crippen molar-refractivity contribution in [2.24, 2.45) is 5.73 Å². The van der Waals surface area contributed by atoms with Crippen molar-refractivity contribution in [3.63, 3.8) is 0 Å². The molecule has 1 atom stereocenters. The molecule has 0 radical (unpaired) electrons. The predicted molar refractivity (Wildman–Crippen MR) is 94.5 cm³/mol. The summed E-state index contributed by atoms with van der Waals surface area (Å²) >= 11 is 0. The Morgan fingerprint density at radius 3 is 2.50 bits per heavy atom. The molecule has 0 spiro atoms. The summed E-state index contributed by atoms with van der Waals surface area (Å²) in [5.74, 6) is -0.242. The highest BCUT2D eigenvalue weighted by atomic mass is 32.2. The van der Waals surface area contributed by atoms with Crippen molar-refractivity contribution in [2.45, 2.75) is 17.9 Å². The van der Waals surface area contributed by atoms with Crippen LogP contribution in [0.2, 0.25) is 0 Å². The smallest absolute Gasteiger partial charge is 0.297 e. The number of nitrogens with one attached hydrogen (secondary N) is 2. The minimum atomic E-state index is -4.11. The van der Waals surface area contributed by atoms with Gasteiger partial charge >= 0.3 is 0 Å². The highest BCUT2D eigenvalue weighted by Crippen LogP contribution is 2.16. The number of aromatic nitrogens is 1. The number of anilines is 1. The van der Waals surface area contributed by atoms with Gasteiger partial charge in [-0.3, -0.25) is 19.7 Å². The first kappa shape index (κ1) is 19.3. The number of hydrogen-bond donors (Lipinski definition) is 3. The zero-order valence-corrected chi connectivity index (χ0v) is 14.6. The molecule has 138 valence electrons. The second-order valence-electron chi connectivity index (χ2n) is 5.35. The number of nitrogens with zero attached hydrogens (tertiary/aromatic N) is 2. The summed E-state index contributed by atoms with van der Waals surface area (Å²) in [6.45, 7) is 1.65. The summed E-state index contributed by atoms with van der Waals surface area (Å²) in [4.78, 5) is 13.8. The molecule has 1 aromatic carbocycles. The van der Waals surface area contributed by atoms with Crippen molar-refractivity contribution in [1.82, 2.24) is 4.98 Å². The van der Waals surface area contributed by atoms with Crippen LogP contribution in [0.5, 0.6) is 0 Å². The van der Waals surface area contributed by atoms with Crippen molar-refractivity contribution >= 4 is 27.5 Å². The van der Waals surface area contributed by atoms with Gasteiger partial charge in [-0.25, -0.2) is 4.98 Å². The van der Waals surface area contributed by atoms with Crippen LogP contribution in [0.4, 0.5) is 11.5 Å². The van der Waals surface area contributed by atoms with Gasteiger partial charge < -0.3 is 11.1 Å². The van der Waals surface area contributed by atoms with E-state index in [2.05, 4.69) is 10.3 Å². The average molecular weight is 379 g/mol. The van der Waals surface area contributed by atoms with Gasteiger partial charge in [0.2, 0.25) is 0 Å². The van der Waals surface area contributed by atoms with E-state index in [0.717, 1.165) is 11.8 Å². The average Bonchev–Trinajstić information content (AvgIpc) is 2.59. The highest BCUT2D eigenvalue weighted by Gasteiger charge is 2.24. The van der Waals surface area contributed by atoms with E-state index in [-0.39, 0.29) is 22.9 Å². The molecular weight excluding hydrogens is 362 g/mol. The van der Waals surface area contributed by atoms with Gasteiger partial charge in [-0.2, -0.15) is 8.42 Å². The van der Waals surface area contributed by atoms with Crippen molar-refractivity contribution in [2.75, 3.05) is 11.9 Å². The number of amidine groups is 1. The maximum Gasteiger partial charge on any atom is 0.297 e. The SMILES string of the molecule is Cc1ccc(S(=O)(=O)OC(CNc2ccc([N+](=O)[O-])cn2)C(=N)N)cc1. The number of nitro groups is 1. The number of pyridine rings is 1. The van der Waals surface area contributed by atoms with E-state index < -0.39 is 27.0 Å². The van der Waals surface area contributed by atoms with E-state index in [0.29, 0.717) is 0 Å². The number of benzene rings is 1. The van der Waals surface area contributed by atoms with E-state index in [1.165, 1.54) is 24.3 Å². The number of hydrogen-bond acceptors (Lipinski definition) is 8. The topological polar surface area (TPSA) is 161 Å². The van der Waals surface area contributed by atoms with Gasteiger partial charge in [0.15, 0.2) is 6.10 Å². The third kappa shape index (κ3) is 4.97. The van der Waals surface area contributed by atoms with E-state index in [1.807, 2.05) is 6.92 Å². The maximum absolute atomic E-state index is 12.3. The Kier molecular flexibility index (Phi) is 5.85. The molecule has 1 unspecified atom stereocenters. The summed E-state index contributed by atoms with van der Waals surface area (Å²) in [6.07, 6.45) is -0.215. The molecule has 0 fully saturated rings. The molecule has 0 bridgehead atoms. The molecule has 0 aliphatic rings. The minimum absolute atomic E-state index is 0.0530. The molecule has 10 nitrogen and oxygen atoms in total. The van der Waals surface area contributed by atoms with Gasteiger partial charge in [0.1, 0.15) is 17.9 Å². The first-order valence-corrected chi connectivity index (χ1v) is 8.78. The van der Waals surface area contributed by atoms with Crippen LogP contribution in [-0.2, 0) is 14.3 Å². The van der Waals surface area contributed by atoms with Crippen LogP contribution in [0, 0.1) is 22.4 Å². The van der Waals surface area contributed by atoms with Gasteiger partial charge in [-0.05, 0) is 25.1 Å². The Labute approximate surface area is 149 Å². The first-order valence-electron chi connectivity index (χ1n) is 7.37. The van der Waals surface area contributed by atoms with E-state index in [9.17, 15) is 18.5 Å². The molecule has 0 saturated heterocycles. The lowest BCUT2D eigenvalue weighted by Gasteiger charge is -2.17. The van der Waals surface area contributed by atoms with Gasteiger partial charge in [0.05, 0.1) is 16.4 Å². The summed E-state index contributed by atoms with van der Waals surface area (Å²) in [6, 6.07) is 8.63. The van der Waals surface area contributed by atoms with Gasteiger partial charge in [-0.15, -0.1) is 0 Å². The van der Waals surface area contributed by atoms with Gasteiger partial charge in [-0.1, -0.05) is 17.7 Å². The molecule has 11 heteroatoms. The lowest BCUT2D eigenvalue weighted by atomic mass is 10.2. The Bertz CT molecular complexity index is 897. The summed E-state index contributed by atoms with van der Waals surface area (Å²) < 4.78 is 29.6. The summed E-state index contributed by atoms with van der Waals surface area (Å²) in [7, 11) is -4.11. The molecular formula is C15H17N5O5S. The second-order valence-corrected chi connectivity index (χ2v) is 6.92. The van der Waals surface area contributed by atoms with Crippen LogP contribution in [0.25, 0.3) is 0 Å². The Morgan fingerprint density at radius 2 is 2.00 bits per heavy atom. The van der Waals surface area contributed by atoms with Crippen LogP contribution < -0.4 is 11.1 Å². The van der Waals surface area contributed by atoms with Crippen LogP contribution in [-0.4, -0.2) is 36.8 Å². The molecule has 1 aromatic heterocycles. The lowest BCUT2D eigenvalue weighted by Crippen LogP contribution is -2.38. The first-order chi connectivity index (χ1) is 12.2. The van der Waals surface area contributed by atoms with Crippen molar-refractivity contribution in [3.8, 4) is 0 Å². The molecule has 2 aromatic rings. The third-order valence-corrected chi connectivity index (χ3v) is 4.66. The number of nitrogens with two attached hydrogens (primary N) is 1. The van der Waals surface area contributed by atoms with E-state index in [1.54, 1.807) is 12.1 Å². The quantitative estimate of drug-likeness (QED) is 0.204. The number of rotatable bonds is 8. The van der Waals surface area contributed by atoms with Crippen LogP contribution in [0.1, 0.15) is 5.56 Å². The van der Waals surface area contributed by atoms with Crippen LogP contribution in [0.3, 0.4) is 0 Å². The fraction of sp³-hybridized carbons (Fsp3) is 0.200. The Hall–Kier alpha value is -3.05. The Balaban J connectivity index is 2.07. The van der Waals surface area contributed by atoms with Gasteiger partial charge in [0.25, 0.3) is 15.8 Å². The fourth-order valence-electron chi connectivity index (χ4n) is 1.91. The predicted octanol–water partition coefficient (Wildman–Crippen LogP) is 1.42. The van der Waals surface area contributed by atoms with Crippen LogP contribution >= 0.6 is 0 Å². The molecule has 4 N–H and O–H groups in total. The fourth-order valence-corrected chi connectivity index (χ4v) is 2.96. The van der Waals surface area contributed by atoms with Crippen LogP contribution in [0.15, 0.2) is 47.5 Å². The maximum atomic E-state index is 12.3. The molecule has 0 amide bonds. The summed E-state index contributed by atoms with van der Waals surface area (Å²) in [5, 5.41) is 20.8. The molecule has 0 aliphatic carbocycles. The molecule has 0 saturated carbocycles. The standard InChI is InChI=1S/C15H17N5O5S/c1-10-2-5-12(6-3-10)26(23,24)25-13(15(16)17)9-19-14-7-4-11(8-18-14)20(21)22/h2-8,13H,9H2,1H3,(H3,16,17)(H,18,19). The number of aryl methyl sites for hydroxylation is 1. The molecule has 2 rings (SSSR count). The molecule has 1 heterocycles. The zero-order chi connectivity index (χ0) is 19.3. The monoisotopic (exact) mass is 379 g/mol. The van der Waals surface area contributed by atoms with Crippen molar-refractivity contribution in [1.29, 1.82) is 5.41 Å². The molecule has 0 aliphatic heterocycles. The third-order valence-electron chi connectivity index (χ3n) is 3.33. The van der Waals surface area contributed by atoms with Crippen molar-refractivity contribution < 1.29 is 17.5 Å². The zero-order valence-electron chi connectivity index (χ0n) is 13.7. The highest BCUT2D eigenvalue weighted by molar-refractivity contribution is 7.86. The van der Waals surface area contributed by atoms with Crippen molar-refractivity contribution in [3.05, 3.63) is 58.3 Å². The van der Waals surface area contributed by atoms with E-state index >= 15 is 0 Å². The lowest BCUT2D eigenvalue weighted by molar-refractivity contribution is -0.385. The largest absolute Gasteiger partial charge is 0.385 e. The summed E-state index contributed by atoms with van der Waals surface area (Å²) in [5.41, 5.74) is 6.12.